The fraction of sp³-hybridized carbons (Fsp3) is 0.500. The number of benzene rings is 1. The summed E-state index contributed by atoms with van der Waals surface area (Å²) in [7, 11) is 3.28. The van der Waals surface area contributed by atoms with E-state index in [-0.39, 0.29) is 5.78 Å². The van der Waals surface area contributed by atoms with Crippen molar-refractivity contribution in [2.75, 3.05) is 14.2 Å². The Labute approximate surface area is 107 Å². The van der Waals surface area contributed by atoms with Crippen molar-refractivity contribution in [3.8, 4) is 11.5 Å². The molecule has 0 radical (unpaired) electrons. The van der Waals surface area contributed by atoms with Gasteiger partial charge in [-0.25, -0.2) is 0 Å². The fourth-order valence-electron chi connectivity index (χ4n) is 2.55. The number of Topliss-reactive ketones (excluding diaryl/α,β-unsaturated/α-hetero) is 1. The minimum Gasteiger partial charge on any atom is -0.496 e. The van der Waals surface area contributed by atoms with Gasteiger partial charge in [0.1, 0.15) is 17.3 Å². The third-order valence-corrected chi connectivity index (χ3v) is 3.80. The van der Waals surface area contributed by atoms with Crippen LogP contribution in [0.1, 0.15) is 24.5 Å². The zero-order valence-corrected chi connectivity index (χ0v) is 11.1. The number of nitrogens with two attached hydrogens (primary N) is 1. The van der Waals surface area contributed by atoms with Crippen LogP contribution in [0.2, 0.25) is 0 Å². The molecular formula is C14H19NO3. The van der Waals surface area contributed by atoms with Crippen LogP contribution in [-0.2, 0) is 17.6 Å². The van der Waals surface area contributed by atoms with Gasteiger partial charge in [0.2, 0.25) is 0 Å². The van der Waals surface area contributed by atoms with Crippen molar-refractivity contribution in [3.63, 3.8) is 0 Å². The maximum absolute atomic E-state index is 11.7. The molecule has 0 saturated carbocycles. The Morgan fingerprint density at radius 1 is 1.22 bits per heavy atom. The third-order valence-electron chi connectivity index (χ3n) is 3.80. The second-order valence-electron chi connectivity index (χ2n) is 4.82. The number of fused-ring (bicyclic) bond motifs is 1. The topological polar surface area (TPSA) is 61.6 Å². The monoisotopic (exact) mass is 249 g/mol. The largest absolute Gasteiger partial charge is 0.496 e. The van der Waals surface area contributed by atoms with E-state index in [1.165, 1.54) is 0 Å². The van der Waals surface area contributed by atoms with Gasteiger partial charge in [-0.1, -0.05) is 0 Å². The van der Waals surface area contributed by atoms with Gasteiger partial charge in [0.15, 0.2) is 0 Å². The second-order valence-corrected chi connectivity index (χ2v) is 4.82. The molecule has 0 bridgehead atoms. The Morgan fingerprint density at radius 3 is 2.28 bits per heavy atom. The molecule has 2 N–H and O–H groups in total. The first kappa shape index (κ1) is 12.9. The van der Waals surface area contributed by atoms with Crippen molar-refractivity contribution in [1.29, 1.82) is 0 Å². The Hall–Kier alpha value is -1.55. The van der Waals surface area contributed by atoms with Crippen molar-refractivity contribution in [2.24, 2.45) is 5.73 Å². The summed E-state index contributed by atoms with van der Waals surface area (Å²) < 4.78 is 10.7. The van der Waals surface area contributed by atoms with Crippen molar-refractivity contribution in [3.05, 3.63) is 23.3 Å². The van der Waals surface area contributed by atoms with Crippen molar-refractivity contribution < 1.29 is 14.3 Å². The van der Waals surface area contributed by atoms with E-state index in [1.807, 2.05) is 12.1 Å². The summed E-state index contributed by atoms with van der Waals surface area (Å²) in [5.41, 5.74) is 7.53. The molecule has 0 saturated heterocycles. The summed E-state index contributed by atoms with van der Waals surface area (Å²) >= 11 is 0. The standard InChI is InChI=1S/C14H19NO3/c1-9(16)14(15)7-6-10-11(8-14)13(18-3)5-4-12(10)17-2/h4-5H,6-8,15H2,1-3H3. The first-order valence-corrected chi connectivity index (χ1v) is 6.04. The molecule has 1 aromatic rings. The van der Waals surface area contributed by atoms with Crippen LogP contribution in [-0.4, -0.2) is 25.5 Å². The minimum absolute atomic E-state index is 0.0259. The van der Waals surface area contributed by atoms with Crippen LogP contribution in [0.4, 0.5) is 0 Å². The van der Waals surface area contributed by atoms with Gasteiger partial charge < -0.3 is 15.2 Å². The van der Waals surface area contributed by atoms with Gasteiger partial charge in [-0.05, 0) is 31.9 Å². The summed E-state index contributed by atoms with van der Waals surface area (Å²) in [6.45, 7) is 1.55. The molecule has 2 rings (SSSR count). The molecule has 98 valence electrons. The maximum atomic E-state index is 11.7. The molecule has 0 aliphatic heterocycles. The highest BCUT2D eigenvalue weighted by Crippen LogP contribution is 2.38. The number of methoxy groups -OCH3 is 2. The van der Waals surface area contributed by atoms with E-state index in [2.05, 4.69) is 0 Å². The maximum Gasteiger partial charge on any atom is 0.149 e. The number of ketones is 1. The van der Waals surface area contributed by atoms with Gasteiger partial charge in [-0.15, -0.1) is 0 Å². The van der Waals surface area contributed by atoms with Crippen molar-refractivity contribution in [1.82, 2.24) is 0 Å². The van der Waals surface area contributed by atoms with Crippen LogP contribution < -0.4 is 15.2 Å². The summed E-state index contributed by atoms with van der Waals surface area (Å²) in [6, 6.07) is 3.76. The minimum atomic E-state index is -0.771. The van der Waals surface area contributed by atoms with E-state index in [0.29, 0.717) is 12.8 Å². The van der Waals surface area contributed by atoms with Gasteiger partial charge >= 0.3 is 0 Å². The molecule has 0 heterocycles. The quantitative estimate of drug-likeness (QED) is 0.881. The van der Waals surface area contributed by atoms with E-state index >= 15 is 0 Å². The molecule has 4 heteroatoms. The number of carbonyl (C=O) groups excluding carboxylic acids is 1. The lowest BCUT2D eigenvalue weighted by Gasteiger charge is -2.33. The molecular weight excluding hydrogens is 230 g/mol. The number of ether oxygens (including phenoxy) is 2. The van der Waals surface area contributed by atoms with Crippen LogP contribution in [0.25, 0.3) is 0 Å². The molecule has 0 aromatic heterocycles. The molecule has 4 nitrogen and oxygen atoms in total. The Kier molecular flexibility index (Phi) is 3.30. The highest BCUT2D eigenvalue weighted by Gasteiger charge is 2.37. The second kappa shape index (κ2) is 4.61. The van der Waals surface area contributed by atoms with Gasteiger partial charge in [0, 0.05) is 17.5 Å². The number of rotatable bonds is 3. The highest BCUT2D eigenvalue weighted by atomic mass is 16.5. The summed E-state index contributed by atoms with van der Waals surface area (Å²) in [4.78, 5) is 11.7. The molecule has 18 heavy (non-hydrogen) atoms. The average Bonchev–Trinajstić information content (AvgIpc) is 2.37. The summed E-state index contributed by atoms with van der Waals surface area (Å²) in [5, 5.41) is 0. The van der Waals surface area contributed by atoms with Crippen LogP contribution in [0.3, 0.4) is 0 Å². The first-order chi connectivity index (χ1) is 8.51. The van der Waals surface area contributed by atoms with Gasteiger partial charge in [0.25, 0.3) is 0 Å². The van der Waals surface area contributed by atoms with E-state index < -0.39 is 5.54 Å². The molecule has 0 spiro atoms. The Morgan fingerprint density at radius 2 is 1.78 bits per heavy atom. The van der Waals surface area contributed by atoms with Crippen LogP contribution in [0, 0.1) is 0 Å². The van der Waals surface area contributed by atoms with Gasteiger partial charge in [-0.3, -0.25) is 4.79 Å². The zero-order chi connectivity index (χ0) is 13.3. The normalized spacial score (nSPS) is 22.2. The van der Waals surface area contributed by atoms with Crippen LogP contribution in [0.5, 0.6) is 11.5 Å². The van der Waals surface area contributed by atoms with E-state index in [4.69, 9.17) is 15.2 Å². The third kappa shape index (κ3) is 1.97. The van der Waals surface area contributed by atoms with Gasteiger partial charge in [-0.2, -0.15) is 0 Å². The molecule has 1 unspecified atom stereocenters. The predicted octanol–water partition coefficient (Wildman–Crippen LogP) is 1.48. The lowest BCUT2D eigenvalue weighted by molar-refractivity contribution is -0.122. The van der Waals surface area contributed by atoms with Gasteiger partial charge in [0.05, 0.1) is 19.8 Å². The molecule has 1 aromatic carbocycles. The molecule has 1 atom stereocenters. The van der Waals surface area contributed by atoms with Crippen LogP contribution in [0.15, 0.2) is 12.1 Å². The number of hydrogen-bond acceptors (Lipinski definition) is 4. The fourth-order valence-corrected chi connectivity index (χ4v) is 2.55. The van der Waals surface area contributed by atoms with Crippen molar-refractivity contribution >= 4 is 5.78 Å². The average molecular weight is 249 g/mol. The number of carbonyl (C=O) groups is 1. The highest BCUT2D eigenvalue weighted by molar-refractivity contribution is 5.87. The number of hydrogen-bond donors (Lipinski definition) is 1. The van der Waals surface area contributed by atoms with E-state index in [0.717, 1.165) is 29.0 Å². The van der Waals surface area contributed by atoms with Crippen molar-refractivity contribution in [2.45, 2.75) is 31.7 Å². The summed E-state index contributed by atoms with van der Waals surface area (Å²) in [5.74, 6) is 1.65. The van der Waals surface area contributed by atoms with E-state index in [9.17, 15) is 4.79 Å². The predicted molar refractivity (Wildman–Crippen MR) is 69.2 cm³/mol. The first-order valence-electron chi connectivity index (χ1n) is 6.04. The molecule has 0 amide bonds. The Balaban J connectivity index is 2.50. The lowest BCUT2D eigenvalue weighted by atomic mass is 9.76. The molecule has 0 fully saturated rings. The smallest absolute Gasteiger partial charge is 0.149 e. The molecule has 1 aliphatic rings. The van der Waals surface area contributed by atoms with Crippen LogP contribution >= 0.6 is 0 Å². The SMILES string of the molecule is COc1ccc(OC)c2c1CCC(N)(C(C)=O)C2. The Bertz CT molecular complexity index is 484. The lowest BCUT2D eigenvalue weighted by Crippen LogP contribution is -2.51. The zero-order valence-electron chi connectivity index (χ0n) is 11.1. The summed E-state index contributed by atoms with van der Waals surface area (Å²) in [6.07, 6.45) is 1.91. The van der Waals surface area contributed by atoms with E-state index in [1.54, 1.807) is 21.1 Å². The molecule has 1 aliphatic carbocycles.